The molecule has 1 rings (SSSR count). The summed E-state index contributed by atoms with van der Waals surface area (Å²) >= 11 is 0. The summed E-state index contributed by atoms with van der Waals surface area (Å²) in [6.07, 6.45) is 1.14. The number of carboxylic acids is 1. The third-order valence-corrected chi connectivity index (χ3v) is 2.62. The normalized spacial score (nSPS) is 13.4. The van der Waals surface area contributed by atoms with Crippen LogP contribution in [0.3, 0.4) is 0 Å². The van der Waals surface area contributed by atoms with Crippen LogP contribution in [0.4, 0.5) is 0 Å². The molecule has 0 heterocycles. The molecule has 94 valence electrons. The first-order valence-corrected chi connectivity index (χ1v) is 5.81. The van der Waals surface area contributed by atoms with Crippen molar-refractivity contribution in [1.29, 1.82) is 0 Å². The largest absolute Gasteiger partial charge is 0.481 e. The van der Waals surface area contributed by atoms with Gasteiger partial charge in [0.2, 0.25) is 0 Å². The van der Waals surface area contributed by atoms with Gasteiger partial charge in [0, 0.05) is 6.42 Å². The highest BCUT2D eigenvalue weighted by molar-refractivity contribution is 5.69. The van der Waals surface area contributed by atoms with Gasteiger partial charge < -0.3 is 10.2 Å². The Balaban J connectivity index is 2.65. The first-order chi connectivity index (χ1) is 7.78. The SMILES string of the molecule is CC(Cc1ccc(CC(C)(C)O)cc1)C(=O)O. The third-order valence-electron chi connectivity index (χ3n) is 2.62. The summed E-state index contributed by atoms with van der Waals surface area (Å²) in [5, 5.41) is 18.5. The van der Waals surface area contributed by atoms with E-state index in [0.717, 1.165) is 11.1 Å². The second kappa shape index (κ2) is 5.32. The van der Waals surface area contributed by atoms with E-state index >= 15 is 0 Å². The summed E-state index contributed by atoms with van der Waals surface area (Å²) < 4.78 is 0. The van der Waals surface area contributed by atoms with Gasteiger partial charge >= 0.3 is 5.97 Å². The Morgan fingerprint density at radius 1 is 1.24 bits per heavy atom. The number of hydrogen-bond acceptors (Lipinski definition) is 2. The zero-order valence-electron chi connectivity index (χ0n) is 10.6. The molecule has 2 N–H and O–H groups in total. The predicted molar refractivity (Wildman–Crippen MR) is 66.9 cm³/mol. The lowest BCUT2D eigenvalue weighted by atomic mass is 9.95. The Labute approximate surface area is 102 Å². The van der Waals surface area contributed by atoms with Gasteiger partial charge in [0.05, 0.1) is 11.5 Å². The van der Waals surface area contributed by atoms with Crippen molar-refractivity contribution in [1.82, 2.24) is 0 Å². The summed E-state index contributed by atoms with van der Waals surface area (Å²) in [4.78, 5) is 10.7. The van der Waals surface area contributed by atoms with Crippen LogP contribution < -0.4 is 0 Å². The number of carboxylic acid groups (broad SMARTS) is 1. The molecule has 0 aliphatic heterocycles. The van der Waals surface area contributed by atoms with E-state index < -0.39 is 11.6 Å². The van der Waals surface area contributed by atoms with Gasteiger partial charge in [0.25, 0.3) is 0 Å². The smallest absolute Gasteiger partial charge is 0.306 e. The van der Waals surface area contributed by atoms with Crippen LogP contribution in [0.25, 0.3) is 0 Å². The molecule has 17 heavy (non-hydrogen) atoms. The number of hydrogen-bond donors (Lipinski definition) is 2. The Kier molecular flexibility index (Phi) is 4.29. The lowest BCUT2D eigenvalue weighted by molar-refractivity contribution is -0.141. The Morgan fingerprint density at radius 3 is 2.12 bits per heavy atom. The van der Waals surface area contributed by atoms with E-state index in [4.69, 9.17) is 5.11 Å². The maximum atomic E-state index is 10.7. The van der Waals surface area contributed by atoms with Gasteiger partial charge in [-0.25, -0.2) is 0 Å². The van der Waals surface area contributed by atoms with E-state index in [0.29, 0.717) is 12.8 Å². The standard InChI is InChI=1S/C14H20O3/c1-10(13(15)16)8-11-4-6-12(7-5-11)9-14(2,3)17/h4-7,10,17H,8-9H2,1-3H3,(H,15,16). The molecular formula is C14H20O3. The molecule has 0 radical (unpaired) electrons. The molecule has 3 heteroatoms. The number of benzene rings is 1. The lowest BCUT2D eigenvalue weighted by Crippen LogP contribution is -2.21. The van der Waals surface area contributed by atoms with E-state index in [1.54, 1.807) is 20.8 Å². The van der Waals surface area contributed by atoms with Crippen LogP contribution in [-0.4, -0.2) is 21.8 Å². The summed E-state index contributed by atoms with van der Waals surface area (Å²) in [7, 11) is 0. The Bertz CT molecular complexity index is 373. The van der Waals surface area contributed by atoms with Crippen LogP contribution in [0.1, 0.15) is 31.9 Å². The topological polar surface area (TPSA) is 57.5 Å². The van der Waals surface area contributed by atoms with E-state index in [1.165, 1.54) is 0 Å². The van der Waals surface area contributed by atoms with Gasteiger partial charge in [0.15, 0.2) is 0 Å². The molecule has 1 aromatic rings. The highest BCUT2D eigenvalue weighted by Crippen LogP contribution is 2.15. The molecule has 0 saturated carbocycles. The van der Waals surface area contributed by atoms with Crippen molar-refractivity contribution in [2.45, 2.75) is 39.2 Å². The number of carbonyl (C=O) groups is 1. The fourth-order valence-electron chi connectivity index (χ4n) is 1.73. The zero-order chi connectivity index (χ0) is 13.1. The van der Waals surface area contributed by atoms with Crippen LogP contribution in [0, 0.1) is 5.92 Å². The average Bonchev–Trinajstić information content (AvgIpc) is 2.18. The second-order valence-electron chi connectivity index (χ2n) is 5.25. The molecule has 0 aliphatic carbocycles. The van der Waals surface area contributed by atoms with Crippen molar-refractivity contribution in [3.63, 3.8) is 0 Å². The summed E-state index contributed by atoms with van der Waals surface area (Å²) in [5.74, 6) is -1.14. The lowest BCUT2D eigenvalue weighted by Gasteiger charge is -2.17. The minimum absolute atomic E-state index is 0.366. The van der Waals surface area contributed by atoms with Crippen molar-refractivity contribution in [3.05, 3.63) is 35.4 Å². The molecule has 0 saturated heterocycles. The minimum Gasteiger partial charge on any atom is -0.481 e. The number of rotatable bonds is 5. The fourth-order valence-corrected chi connectivity index (χ4v) is 1.73. The maximum Gasteiger partial charge on any atom is 0.306 e. The molecule has 0 amide bonds. The van der Waals surface area contributed by atoms with E-state index in [9.17, 15) is 9.90 Å². The second-order valence-corrected chi connectivity index (χ2v) is 5.25. The molecule has 3 nitrogen and oxygen atoms in total. The van der Waals surface area contributed by atoms with Crippen LogP contribution in [0.5, 0.6) is 0 Å². The maximum absolute atomic E-state index is 10.7. The van der Waals surface area contributed by atoms with Crippen molar-refractivity contribution in [2.75, 3.05) is 0 Å². The number of aliphatic hydroxyl groups is 1. The molecule has 0 fully saturated rings. The molecule has 0 aliphatic rings. The van der Waals surface area contributed by atoms with Crippen molar-refractivity contribution in [3.8, 4) is 0 Å². The first kappa shape index (κ1) is 13.7. The van der Waals surface area contributed by atoms with E-state index in [2.05, 4.69) is 0 Å². The third kappa shape index (κ3) is 5.00. The molecule has 0 bridgehead atoms. The predicted octanol–water partition coefficient (Wildman–Crippen LogP) is 2.26. The molecule has 1 atom stereocenters. The van der Waals surface area contributed by atoms with Crippen molar-refractivity contribution < 1.29 is 15.0 Å². The van der Waals surface area contributed by atoms with Gasteiger partial charge in [0.1, 0.15) is 0 Å². The van der Waals surface area contributed by atoms with Crippen LogP contribution in [0.2, 0.25) is 0 Å². The van der Waals surface area contributed by atoms with Crippen molar-refractivity contribution >= 4 is 5.97 Å². The van der Waals surface area contributed by atoms with Gasteiger partial charge in [-0.3, -0.25) is 4.79 Å². The summed E-state index contributed by atoms with van der Waals surface area (Å²) in [6, 6.07) is 7.75. The monoisotopic (exact) mass is 236 g/mol. The quantitative estimate of drug-likeness (QED) is 0.824. The highest BCUT2D eigenvalue weighted by atomic mass is 16.4. The molecule has 0 spiro atoms. The van der Waals surface area contributed by atoms with Crippen molar-refractivity contribution in [2.24, 2.45) is 5.92 Å². The van der Waals surface area contributed by atoms with Gasteiger partial charge in [-0.15, -0.1) is 0 Å². The average molecular weight is 236 g/mol. The first-order valence-electron chi connectivity index (χ1n) is 5.81. The highest BCUT2D eigenvalue weighted by Gasteiger charge is 2.14. The van der Waals surface area contributed by atoms with Crippen LogP contribution >= 0.6 is 0 Å². The van der Waals surface area contributed by atoms with Gasteiger partial charge in [-0.2, -0.15) is 0 Å². The van der Waals surface area contributed by atoms with Crippen LogP contribution in [-0.2, 0) is 17.6 Å². The minimum atomic E-state index is -0.773. The zero-order valence-corrected chi connectivity index (χ0v) is 10.6. The van der Waals surface area contributed by atoms with E-state index in [-0.39, 0.29) is 5.92 Å². The molecule has 1 unspecified atom stereocenters. The summed E-state index contributed by atoms with van der Waals surface area (Å²) in [6.45, 7) is 5.24. The Morgan fingerprint density at radius 2 is 1.71 bits per heavy atom. The van der Waals surface area contributed by atoms with Gasteiger partial charge in [-0.05, 0) is 31.4 Å². The van der Waals surface area contributed by atoms with E-state index in [1.807, 2.05) is 24.3 Å². The van der Waals surface area contributed by atoms with Gasteiger partial charge in [-0.1, -0.05) is 31.2 Å². The molecule has 1 aromatic carbocycles. The number of aliphatic carboxylic acids is 1. The summed E-state index contributed by atoms with van der Waals surface area (Å²) in [5.41, 5.74) is 1.36. The molecular weight excluding hydrogens is 216 g/mol. The van der Waals surface area contributed by atoms with Crippen LogP contribution in [0.15, 0.2) is 24.3 Å². The molecule has 0 aromatic heterocycles. The Hall–Kier alpha value is -1.35. The fraction of sp³-hybridized carbons (Fsp3) is 0.500.